The summed E-state index contributed by atoms with van der Waals surface area (Å²) >= 11 is 0. The highest BCUT2D eigenvalue weighted by Gasteiger charge is 2.26. The summed E-state index contributed by atoms with van der Waals surface area (Å²) in [6.45, 7) is 3.44. The number of fused-ring (bicyclic) bond motifs is 1. The number of amides is 2. The molecule has 0 unspecified atom stereocenters. The molecule has 0 saturated carbocycles. The minimum atomic E-state index is -0.426. The summed E-state index contributed by atoms with van der Waals surface area (Å²) in [6.07, 6.45) is 1.46. The van der Waals surface area contributed by atoms with Gasteiger partial charge in [0, 0.05) is 43.7 Å². The second-order valence-electron chi connectivity index (χ2n) is 6.85. The van der Waals surface area contributed by atoms with Crippen LogP contribution in [-0.4, -0.2) is 54.4 Å². The van der Waals surface area contributed by atoms with Crippen LogP contribution in [0.15, 0.2) is 56.3 Å². The molecule has 0 aliphatic carbocycles. The van der Waals surface area contributed by atoms with Crippen LogP contribution in [0, 0.1) is 6.92 Å². The molecule has 2 amide bonds. The summed E-state index contributed by atoms with van der Waals surface area (Å²) in [4.78, 5) is 39.6. The predicted octanol–water partition coefficient (Wildman–Crippen LogP) is 2.48. The predicted molar refractivity (Wildman–Crippen MR) is 111 cm³/mol. The maximum Gasteiger partial charge on any atom is 0.336 e. The lowest BCUT2D eigenvalue weighted by atomic mass is 10.1. The van der Waals surface area contributed by atoms with Crippen LogP contribution in [0.2, 0.25) is 0 Å². The van der Waals surface area contributed by atoms with E-state index in [9.17, 15) is 14.4 Å². The van der Waals surface area contributed by atoms with E-state index in [-0.39, 0.29) is 30.8 Å². The van der Waals surface area contributed by atoms with E-state index in [0.717, 1.165) is 10.9 Å². The first-order chi connectivity index (χ1) is 14.0. The molecule has 8 nitrogen and oxygen atoms in total. The van der Waals surface area contributed by atoms with E-state index < -0.39 is 5.63 Å². The molecule has 1 aromatic carbocycles. The molecule has 4 rings (SSSR count). The van der Waals surface area contributed by atoms with E-state index in [0.29, 0.717) is 43.3 Å². The van der Waals surface area contributed by atoms with Crippen molar-refractivity contribution in [2.24, 2.45) is 0 Å². The van der Waals surface area contributed by atoms with Gasteiger partial charge >= 0.3 is 5.63 Å². The van der Waals surface area contributed by atoms with Gasteiger partial charge in [-0.2, -0.15) is 0 Å². The van der Waals surface area contributed by atoms with Crippen molar-refractivity contribution < 1.29 is 23.2 Å². The fourth-order valence-electron chi connectivity index (χ4n) is 3.35. The number of halogens is 1. The van der Waals surface area contributed by atoms with E-state index in [4.69, 9.17) is 13.6 Å². The number of hydrogen-bond donors (Lipinski definition) is 0. The number of aryl methyl sites for hydroxylation is 1. The summed E-state index contributed by atoms with van der Waals surface area (Å²) in [5, 5.41) is 0.820. The Hall–Kier alpha value is -3.26. The van der Waals surface area contributed by atoms with Crippen molar-refractivity contribution in [3.05, 3.63) is 64.4 Å². The van der Waals surface area contributed by atoms with Crippen molar-refractivity contribution in [2.45, 2.75) is 6.92 Å². The van der Waals surface area contributed by atoms with Crippen LogP contribution in [0.1, 0.15) is 16.1 Å². The Bertz CT molecular complexity index is 1100. The number of rotatable bonds is 4. The smallest absolute Gasteiger partial charge is 0.336 e. The highest BCUT2D eigenvalue weighted by Crippen LogP contribution is 2.22. The minimum Gasteiger partial charge on any atom is -0.484 e. The SMILES string of the molecule is Cc1cc(=O)oc2cc(OCC(=O)N3CCN(C(=O)c4ccco4)CC3)ccc12.Cl. The fourth-order valence-corrected chi connectivity index (χ4v) is 3.35. The van der Waals surface area contributed by atoms with Gasteiger partial charge in [-0.3, -0.25) is 9.59 Å². The molecule has 0 bridgehead atoms. The van der Waals surface area contributed by atoms with Gasteiger partial charge in [0.05, 0.1) is 6.26 Å². The maximum atomic E-state index is 12.5. The highest BCUT2D eigenvalue weighted by atomic mass is 35.5. The van der Waals surface area contributed by atoms with E-state index in [1.165, 1.54) is 12.3 Å². The lowest BCUT2D eigenvalue weighted by molar-refractivity contribution is -0.134. The van der Waals surface area contributed by atoms with Crippen LogP contribution in [0.3, 0.4) is 0 Å². The molecule has 1 fully saturated rings. The molecule has 2 aromatic heterocycles. The molecule has 158 valence electrons. The Morgan fingerprint density at radius 1 is 1.07 bits per heavy atom. The summed E-state index contributed by atoms with van der Waals surface area (Å²) in [7, 11) is 0. The Labute approximate surface area is 178 Å². The average molecular weight is 433 g/mol. The van der Waals surface area contributed by atoms with Gasteiger partial charge in [-0.05, 0) is 36.8 Å². The molecular weight excluding hydrogens is 412 g/mol. The number of benzene rings is 1. The first kappa shape index (κ1) is 21.4. The number of nitrogens with zero attached hydrogens (tertiary/aromatic N) is 2. The standard InChI is InChI=1S/C21H20N2O6.ClH/c1-14-11-20(25)29-18-12-15(4-5-16(14)18)28-13-19(24)22-6-8-23(9-7-22)21(26)17-3-2-10-27-17;/h2-5,10-12H,6-9,13H2,1H3;1H. The van der Waals surface area contributed by atoms with Crippen molar-refractivity contribution in [3.8, 4) is 5.75 Å². The van der Waals surface area contributed by atoms with Gasteiger partial charge in [-0.25, -0.2) is 4.79 Å². The molecule has 0 atom stereocenters. The lowest BCUT2D eigenvalue weighted by Crippen LogP contribution is -2.51. The second kappa shape index (κ2) is 9.04. The number of piperazine rings is 1. The highest BCUT2D eigenvalue weighted by molar-refractivity contribution is 5.91. The van der Waals surface area contributed by atoms with Gasteiger partial charge in [0.1, 0.15) is 11.3 Å². The Kier molecular flexibility index (Phi) is 6.47. The van der Waals surface area contributed by atoms with Crippen LogP contribution in [-0.2, 0) is 4.79 Å². The van der Waals surface area contributed by atoms with Crippen LogP contribution in [0.5, 0.6) is 5.75 Å². The molecule has 3 heterocycles. The summed E-state index contributed by atoms with van der Waals surface area (Å²) in [6, 6.07) is 9.87. The van der Waals surface area contributed by atoms with Crippen LogP contribution >= 0.6 is 12.4 Å². The van der Waals surface area contributed by atoms with Crippen molar-refractivity contribution in [3.63, 3.8) is 0 Å². The molecule has 3 aromatic rings. The quantitative estimate of drug-likeness (QED) is 0.588. The van der Waals surface area contributed by atoms with Gasteiger partial charge in [-0.15, -0.1) is 12.4 Å². The van der Waals surface area contributed by atoms with Crippen molar-refractivity contribution in [1.82, 2.24) is 9.80 Å². The van der Waals surface area contributed by atoms with Crippen LogP contribution in [0.25, 0.3) is 11.0 Å². The third-order valence-corrected chi connectivity index (χ3v) is 4.94. The number of furan rings is 1. The zero-order valence-electron chi connectivity index (χ0n) is 16.3. The van der Waals surface area contributed by atoms with E-state index in [1.807, 2.05) is 6.92 Å². The van der Waals surface area contributed by atoms with E-state index >= 15 is 0 Å². The number of carbonyl (C=O) groups excluding carboxylic acids is 2. The molecule has 9 heteroatoms. The normalized spacial score (nSPS) is 13.8. The molecular formula is C21H21ClN2O6. The molecule has 0 N–H and O–H groups in total. The van der Waals surface area contributed by atoms with Gasteiger partial charge in [-0.1, -0.05) is 0 Å². The molecule has 30 heavy (non-hydrogen) atoms. The first-order valence-electron chi connectivity index (χ1n) is 9.29. The molecule has 1 aliphatic heterocycles. The zero-order valence-corrected chi connectivity index (χ0v) is 17.1. The van der Waals surface area contributed by atoms with Crippen molar-refractivity contribution >= 4 is 35.2 Å². The third kappa shape index (κ3) is 4.49. The number of ether oxygens (including phenoxy) is 1. The topological polar surface area (TPSA) is 93.2 Å². The summed E-state index contributed by atoms with van der Waals surface area (Å²) in [5.74, 6) is 0.407. The summed E-state index contributed by atoms with van der Waals surface area (Å²) < 4.78 is 15.9. The van der Waals surface area contributed by atoms with Crippen LogP contribution < -0.4 is 10.4 Å². The third-order valence-electron chi connectivity index (χ3n) is 4.94. The van der Waals surface area contributed by atoms with Crippen molar-refractivity contribution in [2.75, 3.05) is 32.8 Å². The second-order valence-corrected chi connectivity index (χ2v) is 6.85. The van der Waals surface area contributed by atoms with E-state index in [1.54, 1.807) is 40.1 Å². The number of carbonyl (C=O) groups is 2. The Morgan fingerprint density at radius 2 is 1.80 bits per heavy atom. The lowest BCUT2D eigenvalue weighted by Gasteiger charge is -2.34. The Balaban J connectivity index is 0.00000256. The van der Waals surface area contributed by atoms with Gasteiger partial charge in [0.2, 0.25) is 0 Å². The number of hydrogen-bond acceptors (Lipinski definition) is 6. The first-order valence-corrected chi connectivity index (χ1v) is 9.29. The monoisotopic (exact) mass is 432 g/mol. The molecule has 1 aliphatic rings. The van der Waals surface area contributed by atoms with E-state index in [2.05, 4.69) is 0 Å². The summed E-state index contributed by atoms with van der Waals surface area (Å²) in [5.41, 5.74) is 0.816. The van der Waals surface area contributed by atoms with Gasteiger partial charge < -0.3 is 23.4 Å². The molecule has 0 radical (unpaired) electrons. The largest absolute Gasteiger partial charge is 0.484 e. The molecule has 1 saturated heterocycles. The Morgan fingerprint density at radius 3 is 2.50 bits per heavy atom. The average Bonchev–Trinajstić information content (AvgIpc) is 3.26. The van der Waals surface area contributed by atoms with Crippen LogP contribution in [0.4, 0.5) is 0 Å². The minimum absolute atomic E-state index is 0. The zero-order chi connectivity index (χ0) is 20.4. The molecule has 0 spiro atoms. The van der Waals surface area contributed by atoms with Gasteiger partial charge in [0.25, 0.3) is 11.8 Å². The maximum absolute atomic E-state index is 12.5. The fraction of sp³-hybridized carbons (Fsp3) is 0.286. The van der Waals surface area contributed by atoms with Crippen molar-refractivity contribution in [1.29, 1.82) is 0 Å². The van der Waals surface area contributed by atoms with Gasteiger partial charge in [0.15, 0.2) is 12.4 Å².